The van der Waals surface area contributed by atoms with E-state index in [-0.39, 0.29) is 24.5 Å². The monoisotopic (exact) mass is 330 g/mol. The van der Waals surface area contributed by atoms with E-state index in [1.165, 1.54) is 5.56 Å². The fraction of sp³-hybridized carbons (Fsp3) is 0.500. The van der Waals surface area contributed by atoms with Crippen molar-refractivity contribution in [2.75, 3.05) is 6.61 Å². The molecule has 6 heteroatoms. The first-order valence-electron chi connectivity index (χ1n) is 8.32. The van der Waals surface area contributed by atoms with E-state index in [4.69, 9.17) is 4.74 Å². The maximum Gasteiger partial charge on any atom is 0.258 e. The number of ether oxygens (including phenoxy) is 1. The molecule has 0 radical (unpaired) electrons. The van der Waals surface area contributed by atoms with Gasteiger partial charge in [-0.3, -0.25) is 9.48 Å². The summed E-state index contributed by atoms with van der Waals surface area (Å²) in [5.74, 6) is 1.32. The number of carbonyl (C=O) groups is 1. The van der Waals surface area contributed by atoms with Crippen molar-refractivity contribution in [2.24, 2.45) is 5.92 Å². The molecule has 2 aromatic rings. The number of nitrogens with one attached hydrogen (secondary N) is 1. The Morgan fingerprint density at radius 1 is 1.21 bits per heavy atom. The lowest BCUT2D eigenvalue weighted by Gasteiger charge is -2.22. The molecule has 1 unspecified atom stereocenters. The van der Waals surface area contributed by atoms with E-state index in [1.807, 2.05) is 24.3 Å². The molecular formula is C18H26N4O2. The Labute approximate surface area is 143 Å². The second-order valence-corrected chi connectivity index (χ2v) is 6.56. The molecular weight excluding hydrogens is 304 g/mol. The first kappa shape index (κ1) is 18.0. The summed E-state index contributed by atoms with van der Waals surface area (Å²) in [6.07, 6.45) is 3.41. The van der Waals surface area contributed by atoms with Crippen molar-refractivity contribution >= 4 is 5.91 Å². The van der Waals surface area contributed by atoms with Gasteiger partial charge in [-0.2, -0.15) is 0 Å². The maximum absolute atomic E-state index is 12.2. The SMILES string of the molecule is CC(C)c1ccc(OCC(=O)NC(Cn2ccnn2)C(C)C)cc1. The van der Waals surface area contributed by atoms with Gasteiger partial charge in [0.1, 0.15) is 5.75 Å². The molecule has 0 saturated heterocycles. The van der Waals surface area contributed by atoms with Crippen LogP contribution in [0.1, 0.15) is 39.2 Å². The van der Waals surface area contributed by atoms with E-state index in [0.29, 0.717) is 18.2 Å². The molecule has 0 aliphatic rings. The highest BCUT2D eigenvalue weighted by atomic mass is 16.5. The number of amides is 1. The van der Waals surface area contributed by atoms with E-state index in [2.05, 4.69) is 43.3 Å². The quantitative estimate of drug-likeness (QED) is 0.808. The molecule has 0 aliphatic carbocycles. The lowest BCUT2D eigenvalue weighted by molar-refractivity contribution is -0.124. The topological polar surface area (TPSA) is 69.0 Å². The summed E-state index contributed by atoms with van der Waals surface area (Å²) in [6.45, 7) is 9.00. The van der Waals surface area contributed by atoms with Crippen LogP contribution in [0.25, 0.3) is 0 Å². The highest BCUT2D eigenvalue weighted by molar-refractivity contribution is 5.77. The number of hydrogen-bond donors (Lipinski definition) is 1. The van der Waals surface area contributed by atoms with E-state index in [9.17, 15) is 4.79 Å². The van der Waals surface area contributed by atoms with Crippen molar-refractivity contribution in [1.29, 1.82) is 0 Å². The molecule has 1 aromatic heterocycles. The second-order valence-electron chi connectivity index (χ2n) is 6.56. The molecule has 1 heterocycles. The van der Waals surface area contributed by atoms with Gasteiger partial charge in [-0.25, -0.2) is 0 Å². The van der Waals surface area contributed by atoms with Gasteiger partial charge in [-0.05, 0) is 29.5 Å². The molecule has 130 valence electrons. The largest absolute Gasteiger partial charge is 0.484 e. The molecule has 2 rings (SSSR count). The Hall–Kier alpha value is -2.37. The number of carbonyl (C=O) groups excluding carboxylic acids is 1. The zero-order valence-corrected chi connectivity index (χ0v) is 14.8. The van der Waals surface area contributed by atoms with Gasteiger partial charge in [-0.1, -0.05) is 45.0 Å². The Bertz CT molecular complexity index is 621. The fourth-order valence-electron chi connectivity index (χ4n) is 2.30. The van der Waals surface area contributed by atoms with Crippen LogP contribution in [0.3, 0.4) is 0 Å². The van der Waals surface area contributed by atoms with Crippen LogP contribution in [0.2, 0.25) is 0 Å². The first-order valence-corrected chi connectivity index (χ1v) is 8.32. The molecule has 1 aromatic carbocycles. The summed E-state index contributed by atoms with van der Waals surface area (Å²) in [6, 6.07) is 7.83. The van der Waals surface area contributed by atoms with Crippen molar-refractivity contribution in [2.45, 2.75) is 46.2 Å². The van der Waals surface area contributed by atoms with Gasteiger partial charge >= 0.3 is 0 Å². The molecule has 6 nitrogen and oxygen atoms in total. The molecule has 0 spiro atoms. The lowest BCUT2D eigenvalue weighted by Crippen LogP contribution is -2.43. The smallest absolute Gasteiger partial charge is 0.258 e. The lowest BCUT2D eigenvalue weighted by atomic mass is 10.0. The van der Waals surface area contributed by atoms with Gasteiger partial charge in [0.2, 0.25) is 0 Å². The van der Waals surface area contributed by atoms with E-state index < -0.39 is 0 Å². The minimum atomic E-state index is -0.137. The van der Waals surface area contributed by atoms with Crippen molar-refractivity contribution in [1.82, 2.24) is 20.3 Å². The predicted octanol–water partition coefficient (Wildman–Crippen LogP) is 2.62. The highest BCUT2D eigenvalue weighted by Gasteiger charge is 2.17. The normalized spacial score (nSPS) is 12.4. The Balaban J connectivity index is 1.84. The Morgan fingerprint density at radius 2 is 1.92 bits per heavy atom. The number of hydrogen-bond acceptors (Lipinski definition) is 4. The number of nitrogens with zero attached hydrogens (tertiary/aromatic N) is 3. The Kier molecular flexibility index (Phi) is 6.35. The van der Waals surface area contributed by atoms with Crippen molar-refractivity contribution < 1.29 is 9.53 Å². The molecule has 0 aliphatic heterocycles. The van der Waals surface area contributed by atoms with Gasteiger partial charge in [-0.15, -0.1) is 5.10 Å². The third kappa shape index (κ3) is 5.37. The van der Waals surface area contributed by atoms with Crippen molar-refractivity contribution in [3.8, 4) is 5.75 Å². The van der Waals surface area contributed by atoms with E-state index in [1.54, 1.807) is 17.1 Å². The standard InChI is InChI=1S/C18H26N4O2/c1-13(2)15-5-7-16(8-6-15)24-12-18(23)20-17(14(3)4)11-22-10-9-19-21-22/h5-10,13-14,17H,11-12H2,1-4H3,(H,20,23). The summed E-state index contributed by atoms with van der Waals surface area (Å²) in [5.41, 5.74) is 1.25. The molecule has 24 heavy (non-hydrogen) atoms. The van der Waals surface area contributed by atoms with E-state index in [0.717, 1.165) is 0 Å². The van der Waals surface area contributed by atoms with Gasteiger partial charge in [0, 0.05) is 6.20 Å². The van der Waals surface area contributed by atoms with Crippen LogP contribution < -0.4 is 10.1 Å². The Morgan fingerprint density at radius 3 is 2.46 bits per heavy atom. The second kappa shape index (κ2) is 8.47. The summed E-state index contributed by atoms with van der Waals surface area (Å²) in [4.78, 5) is 12.2. The average Bonchev–Trinajstić information content (AvgIpc) is 3.05. The zero-order chi connectivity index (χ0) is 17.5. The number of aromatic nitrogens is 3. The molecule has 1 amide bonds. The van der Waals surface area contributed by atoms with Gasteiger partial charge in [0.05, 0.1) is 18.8 Å². The fourth-order valence-corrected chi connectivity index (χ4v) is 2.30. The summed E-state index contributed by atoms with van der Waals surface area (Å²) in [7, 11) is 0. The van der Waals surface area contributed by atoms with E-state index >= 15 is 0 Å². The van der Waals surface area contributed by atoms with Crippen LogP contribution in [0, 0.1) is 5.92 Å². The van der Waals surface area contributed by atoms with Crippen LogP contribution in [0.5, 0.6) is 5.75 Å². The van der Waals surface area contributed by atoms with Crippen molar-refractivity contribution in [3.63, 3.8) is 0 Å². The molecule has 0 fully saturated rings. The van der Waals surface area contributed by atoms with Crippen LogP contribution >= 0.6 is 0 Å². The predicted molar refractivity (Wildman–Crippen MR) is 92.8 cm³/mol. The molecule has 1 N–H and O–H groups in total. The third-order valence-corrected chi connectivity index (χ3v) is 3.92. The van der Waals surface area contributed by atoms with Crippen LogP contribution in [-0.4, -0.2) is 33.5 Å². The molecule has 0 saturated carbocycles. The van der Waals surface area contributed by atoms with Gasteiger partial charge in [0.25, 0.3) is 5.91 Å². The number of benzene rings is 1. The average molecular weight is 330 g/mol. The highest BCUT2D eigenvalue weighted by Crippen LogP contribution is 2.18. The minimum absolute atomic E-state index is 0.00159. The minimum Gasteiger partial charge on any atom is -0.484 e. The molecule has 1 atom stereocenters. The van der Waals surface area contributed by atoms with Gasteiger partial charge in [0.15, 0.2) is 6.61 Å². The zero-order valence-electron chi connectivity index (χ0n) is 14.8. The summed E-state index contributed by atoms with van der Waals surface area (Å²) in [5, 5.41) is 10.7. The first-order chi connectivity index (χ1) is 11.5. The van der Waals surface area contributed by atoms with Crippen LogP contribution in [-0.2, 0) is 11.3 Å². The third-order valence-electron chi connectivity index (χ3n) is 3.92. The summed E-state index contributed by atoms with van der Waals surface area (Å²) >= 11 is 0. The van der Waals surface area contributed by atoms with Crippen LogP contribution in [0.4, 0.5) is 0 Å². The van der Waals surface area contributed by atoms with Crippen LogP contribution in [0.15, 0.2) is 36.7 Å². The van der Waals surface area contributed by atoms with Crippen molar-refractivity contribution in [3.05, 3.63) is 42.2 Å². The van der Waals surface area contributed by atoms with Gasteiger partial charge < -0.3 is 10.1 Å². The number of rotatable bonds is 8. The maximum atomic E-state index is 12.2. The summed E-state index contributed by atoms with van der Waals surface area (Å²) < 4.78 is 7.29. The molecule has 0 bridgehead atoms.